The molecule has 1 saturated carbocycles. The Kier molecular flexibility index (Phi) is 4.56. The molecule has 1 aliphatic carbocycles. The van der Waals surface area contributed by atoms with Gasteiger partial charge in [0.2, 0.25) is 0 Å². The Labute approximate surface area is 80.2 Å². The monoisotopic (exact) mass is 179 g/mol. The van der Waals surface area contributed by atoms with E-state index in [-0.39, 0.29) is 12.0 Å². The standard InChI is InChI=1S/C11H17NO/c1-2-3-8-13-11-7-5-4-6-10(11)9-12/h2-3,10-11H,4-8H2,1H3. The molecular formula is C11H17NO. The minimum absolute atomic E-state index is 0.124. The van der Waals surface area contributed by atoms with Gasteiger partial charge in [0.15, 0.2) is 0 Å². The second kappa shape index (κ2) is 5.77. The molecular weight excluding hydrogens is 162 g/mol. The van der Waals surface area contributed by atoms with Crippen LogP contribution in [0.2, 0.25) is 0 Å². The number of allylic oxidation sites excluding steroid dienone is 1. The van der Waals surface area contributed by atoms with Gasteiger partial charge in [-0.1, -0.05) is 25.0 Å². The molecule has 0 aliphatic heterocycles. The summed E-state index contributed by atoms with van der Waals surface area (Å²) in [6, 6.07) is 2.33. The Bertz CT molecular complexity index is 205. The fourth-order valence-electron chi connectivity index (χ4n) is 1.72. The third-order valence-electron chi connectivity index (χ3n) is 2.51. The Balaban J connectivity index is 2.32. The SMILES string of the molecule is CC=CCOC1CCCCC1C#N. The van der Waals surface area contributed by atoms with Gasteiger partial charge in [0, 0.05) is 0 Å². The van der Waals surface area contributed by atoms with Crippen LogP contribution in [0.5, 0.6) is 0 Å². The van der Waals surface area contributed by atoms with Gasteiger partial charge in [-0.2, -0.15) is 5.26 Å². The van der Waals surface area contributed by atoms with Crippen molar-refractivity contribution >= 4 is 0 Å². The maximum atomic E-state index is 8.87. The molecule has 2 unspecified atom stereocenters. The third-order valence-corrected chi connectivity index (χ3v) is 2.51. The molecule has 0 heterocycles. The molecule has 2 nitrogen and oxygen atoms in total. The summed E-state index contributed by atoms with van der Waals surface area (Å²) in [7, 11) is 0. The van der Waals surface area contributed by atoms with Gasteiger partial charge >= 0.3 is 0 Å². The van der Waals surface area contributed by atoms with Crippen LogP contribution >= 0.6 is 0 Å². The van der Waals surface area contributed by atoms with Crippen LogP contribution in [0.3, 0.4) is 0 Å². The molecule has 13 heavy (non-hydrogen) atoms. The fourth-order valence-corrected chi connectivity index (χ4v) is 1.72. The van der Waals surface area contributed by atoms with Crippen LogP contribution in [0.1, 0.15) is 32.6 Å². The van der Waals surface area contributed by atoms with Gasteiger partial charge in [-0.05, 0) is 19.8 Å². The predicted octanol–water partition coefficient (Wildman–Crippen LogP) is 2.66. The molecule has 0 radical (unpaired) electrons. The molecule has 0 aromatic carbocycles. The lowest BCUT2D eigenvalue weighted by Gasteiger charge is -2.26. The highest BCUT2D eigenvalue weighted by Crippen LogP contribution is 2.26. The zero-order chi connectivity index (χ0) is 9.52. The molecule has 1 aliphatic rings. The summed E-state index contributed by atoms with van der Waals surface area (Å²) in [5, 5.41) is 8.87. The molecule has 0 N–H and O–H groups in total. The lowest BCUT2D eigenvalue weighted by molar-refractivity contribution is 0.0221. The summed E-state index contributed by atoms with van der Waals surface area (Å²) in [6.07, 6.45) is 8.59. The maximum absolute atomic E-state index is 8.87. The molecule has 0 spiro atoms. The molecule has 72 valence electrons. The largest absolute Gasteiger partial charge is 0.373 e. The molecule has 0 saturated heterocycles. The average molecular weight is 179 g/mol. The quantitative estimate of drug-likeness (QED) is 0.624. The summed E-state index contributed by atoms with van der Waals surface area (Å²) in [6.45, 7) is 2.63. The van der Waals surface area contributed by atoms with Gasteiger partial charge < -0.3 is 4.74 Å². The summed E-state index contributed by atoms with van der Waals surface area (Å²) >= 11 is 0. The van der Waals surface area contributed by atoms with Crippen molar-refractivity contribution in [3.8, 4) is 6.07 Å². The van der Waals surface area contributed by atoms with Crippen LogP contribution in [0.25, 0.3) is 0 Å². The van der Waals surface area contributed by atoms with Gasteiger partial charge in [-0.3, -0.25) is 0 Å². The summed E-state index contributed by atoms with van der Waals surface area (Å²) in [4.78, 5) is 0. The smallest absolute Gasteiger partial charge is 0.0737 e. The first-order valence-corrected chi connectivity index (χ1v) is 5.01. The van der Waals surface area contributed by atoms with E-state index in [0.29, 0.717) is 6.61 Å². The van der Waals surface area contributed by atoms with Crippen molar-refractivity contribution in [2.24, 2.45) is 5.92 Å². The van der Waals surface area contributed by atoms with Gasteiger partial charge in [0.25, 0.3) is 0 Å². The first-order chi connectivity index (χ1) is 6.38. The summed E-state index contributed by atoms with van der Waals surface area (Å²) in [5.74, 6) is 0.124. The lowest BCUT2D eigenvalue weighted by Crippen LogP contribution is -2.26. The van der Waals surface area contributed by atoms with Gasteiger partial charge in [-0.15, -0.1) is 0 Å². The Morgan fingerprint density at radius 3 is 2.92 bits per heavy atom. The van der Waals surface area contributed by atoms with E-state index in [0.717, 1.165) is 12.8 Å². The zero-order valence-corrected chi connectivity index (χ0v) is 8.20. The van der Waals surface area contributed by atoms with Gasteiger partial charge in [0.05, 0.1) is 24.7 Å². The van der Waals surface area contributed by atoms with E-state index < -0.39 is 0 Å². The maximum Gasteiger partial charge on any atom is 0.0737 e. The fraction of sp³-hybridized carbons (Fsp3) is 0.727. The van der Waals surface area contributed by atoms with Crippen LogP contribution in [0.4, 0.5) is 0 Å². The molecule has 0 aromatic heterocycles. The van der Waals surface area contributed by atoms with Crippen molar-refractivity contribution in [2.75, 3.05) is 6.61 Å². The number of nitrogens with zero attached hydrogens (tertiary/aromatic N) is 1. The number of ether oxygens (including phenoxy) is 1. The second-order valence-electron chi connectivity index (χ2n) is 3.46. The van der Waals surface area contributed by atoms with E-state index in [1.165, 1.54) is 12.8 Å². The lowest BCUT2D eigenvalue weighted by atomic mass is 9.87. The van der Waals surface area contributed by atoms with Gasteiger partial charge in [0.1, 0.15) is 0 Å². The molecule has 0 bridgehead atoms. The van der Waals surface area contributed by atoms with E-state index >= 15 is 0 Å². The van der Waals surface area contributed by atoms with Crippen LogP contribution in [-0.4, -0.2) is 12.7 Å². The van der Waals surface area contributed by atoms with Crippen LogP contribution in [-0.2, 0) is 4.74 Å². The van der Waals surface area contributed by atoms with Gasteiger partial charge in [-0.25, -0.2) is 0 Å². The first-order valence-electron chi connectivity index (χ1n) is 5.01. The summed E-state index contributed by atoms with van der Waals surface area (Å²) < 4.78 is 5.62. The average Bonchev–Trinajstić information content (AvgIpc) is 2.19. The number of rotatable bonds is 3. The van der Waals surface area contributed by atoms with E-state index in [1.807, 2.05) is 19.1 Å². The molecule has 2 heteroatoms. The summed E-state index contributed by atoms with van der Waals surface area (Å²) in [5.41, 5.74) is 0. The van der Waals surface area contributed by atoms with Crippen molar-refractivity contribution in [1.82, 2.24) is 0 Å². The van der Waals surface area contributed by atoms with E-state index in [4.69, 9.17) is 10.00 Å². The molecule has 1 rings (SSSR count). The van der Waals surface area contributed by atoms with Crippen molar-refractivity contribution in [1.29, 1.82) is 5.26 Å². The van der Waals surface area contributed by atoms with Crippen LogP contribution < -0.4 is 0 Å². The van der Waals surface area contributed by atoms with Crippen molar-refractivity contribution < 1.29 is 4.74 Å². The Morgan fingerprint density at radius 1 is 1.46 bits per heavy atom. The molecule has 0 amide bonds. The second-order valence-corrected chi connectivity index (χ2v) is 3.46. The topological polar surface area (TPSA) is 33.0 Å². The van der Waals surface area contributed by atoms with Crippen molar-refractivity contribution in [3.63, 3.8) is 0 Å². The van der Waals surface area contributed by atoms with Crippen LogP contribution in [0.15, 0.2) is 12.2 Å². The molecule has 1 fully saturated rings. The highest BCUT2D eigenvalue weighted by atomic mass is 16.5. The van der Waals surface area contributed by atoms with E-state index in [2.05, 4.69) is 6.07 Å². The Hall–Kier alpha value is -0.810. The van der Waals surface area contributed by atoms with Crippen molar-refractivity contribution in [2.45, 2.75) is 38.7 Å². The van der Waals surface area contributed by atoms with E-state index in [9.17, 15) is 0 Å². The number of nitriles is 1. The zero-order valence-electron chi connectivity index (χ0n) is 8.20. The Morgan fingerprint density at radius 2 is 2.23 bits per heavy atom. The highest BCUT2D eigenvalue weighted by molar-refractivity contribution is 4.92. The minimum atomic E-state index is 0.124. The molecule has 2 atom stereocenters. The highest BCUT2D eigenvalue weighted by Gasteiger charge is 2.24. The number of hydrogen-bond donors (Lipinski definition) is 0. The minimum Gasteiger partial charge on any atom is -0.373 e. The third kappa shape index (κ3) is 3.20. The van der Waals surface area contributed by atoms with Crippen molar-refractivity contribution in [3.05, 3.63) is 12.2 Å². The number of hydrogen-bond acceptors (Lipinski definition) is 2. The van der Waals surface area contributed by atoms with Crippen LogP contribution in [0, 0.1) is 17.2 Å². The predicted molar refractivity (Wildman–Crippen MR) is 52.1 cm³/mol. The molecule has 0 aromatic rings. The van der Waals surface area contributed by atoms with E-state index in [1.54, 1.807) is 0 Å². The first kappa shape index (κ1) is 10.3. The normalized spacial score (nSPS) is 28.9.